The second-order valence-electron chi connectivity index (χ2n) is 5.40. The summed E-state index contributed by atoms with van der Waals surface area (Å²) >= 11 is 0. The summed E-state index contributed by atoms with van der Waals surface area (Å²) in [5.41, 5.74) is 2.52. The van der Waals surface area contributed by atoms with E-state index in [4.69, 9.17) is 0 Å². The number of amides is 1. The molecule has 0 bridgehead atoms. The molecule has 0 aromatic heterocycles. The van der Waals surface area contributed by atoms with Gasteiger partial charge in [0.15, 0.2) is 0 Å². The summed E-state index contributed by atoms with van der Waals surface area (Å²) in [5.74, 6) is 0.310. The molecule has 3 heteroatoms. The number of hydrogen-bond acceptors (Lipinski definition) is 2. The van der Waals surface area contributed by atoms with Crippen LogP contribution in [0.25, 0.3) is 0 Å². The van der Waals surface area contributed by atoms with Gasteiger partial charge in [0, 0.05) is 25.6 Å². The van der Waals surface area contributed by atoms with Crippen molar-refractivity contribution >= 4 is 5.91 Å². The van der Waals surface area contributed by atoms with Crippen molar-refractivity contribution in [3.63, 3.8) is 0 Å². The van der Waals surface area contributed by atoms with Crippen LogP contribution in [0, 0.1) is 6.92 Å². The Hall–Kier alpha value is -1.35. The lowest BCUT2D eigenvalue weighted by Crippen LogP contribution is -2.37. The van der Waals surface area contributed by atoms with Crippen LogP contribution in [-0.4, -0.2) is 30.9 Å². The van der Waals surface area contributed by atoms with Crippen molar-refractivity contribution in [2.75, 3.05) is 20.1 Å². The van der Waals surface area contributed by atoms with Crippen LogP contribution >= 0.6 is 0 Å². The predicted octanol–water partition coefficient (Wildman–Crippen LogP) is 2.66. The fourth-order valence-electron chi connectivity index (χ4n) is 2.61. The van der Waals surface area contributed by atoms with Crippen LogP contribution in [-0.2, 0) is 4.79 Å². The molecule has 3 nitrogen and oxygen atoms in total. The third kappa shape index (κ3) is 3.80. The molecule has 1 fully saturated rings. The molecule has 1 amide bonds. The van der Waals surface area contributed by atoms with E-state index < -0.39 is 0 Å². The largest absolute Gasteiger partial charge is 0.341 e. The fraction of sp³-hybridized carbons (Fsp3) is 0.562. The van der Waals surface area contributed by atoms with E-state index in [2.05, 4.69) is 36.5 Å². The average molecular weight is 260 g/mol. The minimum atomic E-state index is 0.225. The Balaban J connectivity index is 2.05. The zero-order valence-electron chi connectivity index (χ0n) is 12.0. The van der Waals surface area contributed by atoms with Crippen molar-refractivity contribution in [3.8, 4) is 0 Å². The number of benzene rings is 1. The Morgan fingerprint density at radius 3 is 2.63 bits per heavy atom. The van der Waals surface area contributed by atoms with Gasteiger partial charge >= 0.3 is 0 Å². The molecule has 0 saturated carbocycles. The summed E-state index contributed by atoms with van der Waals surface area (Å²) in [6, 6.07) is 8.79. The van der Waals surface area contributed by atoms with Crippen LogP contribution in [0.5, 0.6) is 0 Å². The van der Waals surface area contributed by atoms with Crippen molar-refractivity contribution in [2.45, 2.75) is 38.6 Å². The van der Waals surface area contributed by atoms with Gasteiger partial charge in [0.05, 0.1) is 0 Å². The van der Waals surface area contributed by atoms with Gasteiger partial charge in [0.25, 0.3) is 0 Å². The quantitative estimate of drug-likeness (QED) is 0.902. The van der Waals surface area contributed by atoms with E-state index in [1.54, 1.807) is 0 Å². The van der Waals surface area contributed by atoms with E-state index in [-0.39, 0.29) is 6.04 Å². The highest BCUT2D eigenvalue weighted by Gasteiger charge is 2.20. The Kier molecular flexibility index (Phi) is 4.97. The van der Waals surface area contributed by atoms with Gasteiger partial charge in [0.1, 0.15) is 0 Å². The van der Waals surface area contributed by atoms with Crippen LogP contribution in [0.4, 0.5) is 0 Å². The molecular weight excluding hydrogens is 236 g/mol. The number of rotatable bonds is 4. The molecule has 0 radical (unpaired) electrons. The summed E-state index contributed by atoms with van der Waals surface area (Å²) in [6.45, 7) is 3.78. The maximum absolute atomic E-state index is 12.0. The standard InChI is InChI=1S/C16H24N2O/c1-13-7-9-14(10-8-13)15(17-2)12-18-11-5-3-4-6-16(18)19/h7-10,15,17H,3-6,11-12H2,1-2H3. The first kappa shape index (κ1) is 14.1. The highest BCUT2D eigenvalue weighted by Crippen LogP contribution is 2.18. The Morgan fingerprint density at radius 1 is 1.21 bits per heavy atom. The van der Waals surface area contributed by atoms with Gasteiger partial charge in [-0.15, -0.1) is 0 Å². The summed E-state index contributed by atoms with van der Waals surface area (Å²) in [4.78, 5) is 14.1. The third-order valence-corrected chi connectivity index (χ3v) is 3.90. The van der Waals surface area contributed by atoms with Crippen LogP contribution in [0.2, 0.25) is 0 Å². The summed E-state index contributed by atoms with van der Waals surface area (Å²) in [6.07, 6.45) is 4.07. The number of nitrogens with zero attached hydrogens (tertiary/aromatic N) is 1. The molecule has 104 valence electrons. The number of aryl methyl sites for hydroxylation is 1. The zero-order chi connectivity index (χ0) is 13.7. The molecule has 1 aromatic carbocycles. The monoisotopic (exact) mass is 260 g/mol. The highest BCUT2D eigenvalue weighted by atomic mass is 16.2. The lowest BCUT2D eigenvalue weighted by molar-refractivity contribution is -0.131. The van der Waals surface area contributed by atoms with Crippen molar-refractivity contribution in [2.24, 2.45) is 0 Å². The molecule has 1 aliphatic heterocycles. The van der Waals surface area contributed by atoms with Gasteiger partial charge in [-0.3, -0.25) is 4.79 Å². The second kappa shape index (κ2) is 6.71. The molecule has 1 saturated heterocycles. The molecule has 0 aliphatic carbocycles. The average Bonchev–Trinajstić information content (AvgIpc) is 2.62. The summed E-state index contributed by atoms with van der Waals surface area (Å²) in [7, 11) is 1.97. The van der Waals surface area contributed by atoms with Crippen LogP contribution in [0.3, 0.4) is 0 Å². The number of carbonyl (C=O) groups excluding carboxylic acids is 1. The van der Waals surface area contributed by atoms with Gasteiger partial charge in [0.2, 0.25) is 5.91 Å². The van der Waals surface area contributed by atoms with Crippen molar-refractivity contribution in [1.82, 2.24) is 10.2 Å². The van der Waals surface area contributed by atoms with Crippen molar-refractivity contribution in [3.05, 3.63) is 35.4 Å². The van der Waals surface area contributed by atoms with E-state index in [9.17, 15) is 4.79 Å². The molecule has 1 heterocycles. The zero-order valence-corrected chi connectivity index (χ0v) is 12.0. The normalized spacial score (nSPS) is 18.2. The fourth-order valence-corrected chi connectivity index (χ4v) is 2.61. The molecule has 1 atom stereocenters. The van der Waals surface area contributed by atoms with Crippen molar-refractivity contribution in [1.29, 1.82) is 0 Å². The van der Waals surface area contributed by atoms with Gasteiger partial charge in [-0.2, -0.15) is 0 Å². The first-order chi connectivity index (χ1) is 9.20. The number of likely N-dealkylation sites (tertiary alicyclic amines) is 1. The molecule has 1 aromatic rings. The van der Waals surface area contributed by atoms with E-state index in [1.807, 2.05) is 11.9 Å². The number of hydrogen-bond donors (Lipinski definition) is 1. The van der Waals surface area contributed by atoms with Crippen LogP contribution < -0.4 is 5.32 Å². The highest BCUT2D eigenvalue weighted by molar-refractivity contribution is 5.76. The topological polar surface area (TPSA) is 32.3 Å². The maximum Gasteiger partial charge on any atom is 0.222 e. The smallest absolute Gasteiger partial charge is 0.222 e. The molecule has 19 heavy (non-hydrogen) atoms. The predicted molar refractivity (Wildman–Crippen MR) is 78.0 cm³/mol. The first-order valence-electron chi connectivity index (χ1n) is 7.22. The lowest BCUT2D eigenvalue weighted by atomic mass is 10.0. The van der Waals surface area contributed by atoms with E-state index in [0.717, 1.165) is 25.9 Å². The second-order valence-corrected chi connectivity index (χ2v) is 5.40. The van der Waals surface area contributed by atoms with Crippen molar-refractivity contribution < 1.29 is 4.79 Å². The van der Waals surface area contributed by atoms with Crippen LogP contribution in [0.15, 0.2) is 24.3 Å². The third-order valence-electron chi connectivity index (χ3n) is 3.90. The minimum Gasteiger partial charge on any atom is -0.341 e. The van der Waals surface area contributed by atoms with Gasteiger partial charge in [-0.1, -0.05) is 36.2 Å². The van der Waals surface area contributed by atoms with E-state index >= 15 is 0 Å². The van der Waals surface area contributed by atoms with Gasteiger partial charge in [-0.25, -0.2) is 0 Å². The van der Waals surface area contributed by atoms with E-state index in [1.165, 1.54) is 17.5 Å². The minimum absolute atomic E-state index is 0.225. The lowest BCUT2D eigenvalue weighted by Gasteiger charge is -2.26. The number of nitrogens with one attached hydrogen (secondary N) is 1. The molecule has 1 unspecified atom stereocenters. The van der Waals surface area contributed by atoms with Crippen LogP contribution in [0.1, 0.15) is 42.9 Å². The van der Waals surface area contributed by atoms with Gasteiger partial charge < -0.3 is 10.2 Å². The Morgan fingerprint density at radius 2 is 1.95 bits per heavy atom. The Bertz CT molecular complexity index is 413. The molecule has 0 spiro atoms. The molecule has 2 rings (SSSR count). The summed E-state index contributed by atoms with van der Waals surface area (Å²) < 4.78 is 0. The van der Waals surface area contributed by atoms with E-state index in [0.29, 0.717) is 12.3 Å². The summed E-state index contributed by atoms with van der Waals surface area (Å²) in [5, 5.41) is 3.33. The molecule has 1 N–H and O–H groups in total. The molecular formula is C16H24N2O. The first-order valence-corrected chi connectivity index (χ1v) is 7.22. The SMILES string of the molecule is CNC(CN1CCCCCC1=O)c1ccc(C)cc1. The Labute approximate surface area is 116 Å². The molecule has 1 aliphatic rings. The number of carbonyl (C=O) groups is 1. The number of likely N-dealkylation sites (N-methyl/N-ethyl adjacent to an activating group) is 1. The van der Waals surface area contributed by atoms with Gasteiger partial charge in [-0.05, 0) is 32.4 Å². The maximum atomic E-state index is 12.0.